The van der Waals surface area contributed by atoms with Crippen LogP contribution >= 0.6 is 0 Å². The molecule has 2 aromatic rings. The van der Waals surface area contributed by atoms with E-state index in [-0.39, 0.29) is 37.1 Å². The molecule has 12 heteroatoms. The van der Waals surface area contributed by atoms with Gasteiger partial charge in [-0.25, -0.2) is 0 Å². The molecule has 160 valence electrons. The highest BCUT2D eigenvalue weighted by Gasteiger charge is 2.30. The van der Waals surface area contributed by atoms with E-state index in [9.17, 15) is 27.6 Å². The van der Waals surface area contributed by atoms with E-state index in [0.29, 0.717) is 18.8 Å². The largest absolute Gasteiger partial charge is 0.416 e. The number of aromatic nitrogens is 2. The van der Waals surface area contributed by atoms with E-state index in [1.165, 1.54) is 29.2 Å². The minimum Gasteiger partial charge on any atom is -0.354 e. The van der Waals surface area contributed by atoms with Crippen LogP contribution < -0.4 is 16.0 Å². The Balaban J connectivity index is 1.50. The molecule has 0 unspecified atom stereocenters. The predicted octanol–water partition coefficient (Wildman–Crippen LogP) is 0.911. The zero-order chi connectivity index (χ0) is 21.7. The van der Waals surface area contributed by atoms with Crippen LogP contribution in [0.5, 0.6) is 0 Å². The zero-order valence-electron chi connectivity index (χ0n) is 15.7. The van der Waals surface area contributed by atoms with Crippen LogP contribution in [-0.2, 0) is 27.1 Å². The Morgan fingerprint density at radius 1 is 1.13 bits per heavy atom. The fourth-order valence-corrected chi connectivity index (χ4v) is 2.87. The van der Waals surface area contributed by atoms with Crippen molar-refractivity contribution < 1.29 is 27.6 Å². The molecule has 1 saturated heterocycles. The highest BCUT2D eigenvalue weighted by Crippen LogP contribution is 2.30. The number of halogens is 3. The van der Waals surface area contributed by atoms with Gasteiger partial charge in [-0.1, -0.05) is 6.07 Å². The van der Waals surface area contributed by atoms with Gasteiger partial charge in [-0.05, 0) is 18.2 Å². The Kier molecular flexibility index (Phi) is 6.35. The maximum absolute atomic E-state index is 12.7. The summed E-state index contributed by atoms with van der Waals surface area (Å²) in [6, 6.07) is 4.30. The smallest absolute Gasteiger partial charge is 0.354 e. The summed E-state index contributed by atoms with van der Waals surface area (Å²) in [6.45, 7) is 0.967. The third-order valence-electron chi connectivity index (χ3n) is 4.18. The van der Waals surface area contributed by atoms with Crippen LogP contribution in [-0.4, -0.2) is 58.6 Å². The van der Waals surface area contributed by atoms with Crippen molar-refractivity contribution in [2.45, 2.75) is 12.7 Å². The molecule has 1 aromatic carbocycles. The van der Waals surface area contributed by atoms with Crippen LogP contribution in [0.1, 0.15) is 5.56 Å². The SMILES string of the molecule is O=C1CN(CC(=O)Nc2cnn(CC(=O)Nc3cccc(C(F)(F)F)c3)c2)CCN1. The van der Waals surface area contributed by atoms with Gasteiger partial charge in [-0.2, -0.15) is 18.3 Å². The highest BCUT2D eigenvalue weighted by atomic mass is 19.4. The number of hydrogen-bond donors (Lipinski definition) is 3. The normalized spacial score (nSPS) is 14.8. The molecule has 0 spiro atoms. The molecule has 2 heterocycles. The molecular weight excluding hydrogens is 405 g/mol. The number of nitrogens with one attached hydrogen (secondary N) is 3. The van der Waals surface area contributed by atoms with Crippen molar-refractivity contribution in [1.29, 1.82) is 0 Å². The first-order valence-corrected chi connectivity index (χ1v) is 8.97. The van der Waals surface area contributed by atoms with Gasteiger partial charge in [0.05, 0.1) is 30.5 Å². The third kappa shape index (κ3) is 6.04. The van der Waals surface area contributed by atoms with Gasteiger partial charge >= 0.3 is 6.18 Å². The summed E-state index contributed by atoms with van der Waals surface area (Å²) in [5.74, 6) is -1.05. The van der Waals surface area contributed by atoms with Crippen molar-refractivity contribution in [3.8, 4) is 0 Å². The number of piperazine rings is 1. The molecule has 9 nitrogen and oxygen atoms in total. The van der Waals surface area contributed by atoms with Crippen LogP contribution in [0.3, 0.4) is 0 Å². The molecule has 1 aliphatic heterocycles. The van der Waals surface area contributed by atoms with Gasteiger partial charge < -0.3 is 16.0 Å². The quantitative estimate of drug-likeness (QED) is 0.639. The van der Waals surface area contributed by atoms with Gasteiger partial charge in [0, 0.05) is 25.0 Å². The third-order valence-corrected chi connectivity index (χ3v) is 4.18. The number of alkyl halides is 3. The number of hydrogen-bond acceptors (Lipinski definition) is 5. The van der Waals surface area contributed by atoms with Gasteiger partial charge in [0.2, 0.25) is 17.7 Å². The molecule has 30 heavy (non-hydrogen) atoms. The summed E-state index contributed by atoms with van der Waals surface area (Å²) in [6.07, 6.45) is -1.74. The van der Waals surface area contributed by atoms with Gasteiger partial charge in [0.25, 0.3) is 0 Å². The number of carbonyl (C=O) groups is 3. The summed E-state index contributed by atoms with van der Waals surface area (Å²) >= 11 is 0. The van der Waals surface area contributed by atoms with Crippen LogP contribution in [0.25, 0.3) is 0 Å². The second kappa shape index (κ2) is 8.95. The Bertz CT molecular complexity index is 943. The maximum Gasteiger partial charge on any atom is 0.416 e. The number of nitrogens with zero attached hydrogens (tertiary/aromatic N) is 3. The molecule has 0 saturated carbocycles. The molecule has 0 atom stereocenters. The molecule has 3 N–H and O–H groups in total. The monoisotopic (exact) mass is 424 g/mol. The maximum atomic E-state index is 12.7. The lowest BCUT2D eigenvalue weighted by Gasteiger charge is -2.25. The number of amides is 3. The standard InChI is InChI=1S/C18H19F3N6O3/c19-18(20,21)12-2-1-3-13(6-12)24-17(30)11-27-8-14(7-23-27)25-16(29)10-26-5-4-22-15(28)9-26/h1-3,6-8H,4-5,9-11H2,(H,22,28)(H,24,30)(H,25,29). The second-order valence-corrected chi connectivity index (χ2v) is 6.66. The lowest BCUT2D eigenvalue weighted by Crippen LogP contribution is -2.49. The van der Waals surface area contributed by atoms with Crippen molar-refractivity contribution in [3.63, 3.8) is 0 Å². The van der Waals surface area contributed by atoms with Crippen molar-refractivity contribution >= 4 is 29.1 Å². The summed E-state index contributed by atoms with van der Waals surface area (Å²) in [5, 5.41) is 11.6. The summed E-state index contributed by atoms with van der Waals surface area (Å²) in [7, 11) is 0. The Morgan fingerprint density at radius 3 is 2.60 bits per heavy atom. The first-order valence-electron chi connectivity index (χ1n) is 8.97. The molecule has 1 aromatic heterocycles. The average molecular weight is 424 g/mol. The van der Waals surface area contributed by atoms with Gasteiger partial charge in [0.15, 0.2) is 0 Å². The van der Waals surface area contributed by atoms with Gasteiger partial charge in [0.1, 0.15) is 6.54 Å². The fraction of sp³-hybridized carbons (Fsp3) is 0.333. The second-order valence-electron chi connectivity index (χ2n) is 6.66. The van der Waals surface area contributed by atoms with E-state index in [4.69, 9.17) is 0 Å². The Hall–Kier alpha value is -3.41. The topological polar surface area (TPSA) is 108 Å². The van der Waals surface area contributed by atoms with Crippen molar-refractivity contribution in [3.05, 3.63) is 42.2 Å². The molecule has 3 rings (SSSR count). The van der Waals surface area contributed by atoms with Crippen molar-refractivity contribution in [1.82, 2.24) is 20.0 Å². The average Bonchev–Trinajstić information content (AvgIpc) is 3.07. The summed E-state index contributed by atoms with van der Waals surface area (Å²) < 4.78 is 39.5. The van der Waals surface area contributed by atoms with E-state index >= 15 is 0 Å². The van der Waals surface area contributed by atoms with Crippen molar-refractivity contribution in [2.24, 2.45) is 0 Å². The minimum absolute atomic E-state index is 0.0149. The first-order chi connectivity index (χ1) is 14.2. The highest BCUT2D eigenvalue weighted by molar-refractivity contribution is 5.93. The molecule has 3 amide bonds. The van der Waals surface area contributed by atoms with Crippen LogP contribution in [0.15, 0.2) is 36.7 Å². The van der Waals surface area contributed by atoms with Crippen molar-refractivity contribution in [2.75, 3.05) is 36.8 Å². The molecule has 0 aliphatic carbocycles. The summed E-state index contributed by atoms with van der Waals surface area (Å²) in [4.78, 5) is 37.2. The van der Waals surface area contributed by atoms with Crippen LogP contribution in [0, 0.1) is 0 Å². The minimum atomic E-state index is -4.51. The lowest BCUT2D eigenvalue weighted by molar-refractivity contribution is -0.137. The number of benzene rings is 1. The molecular formula is C18H19F3N6O3. The van der Waals surface area contributed by atoms with Gasteiger partial charge in [-0.3, -0.25) is 24.0 Å². The van der Waals surface area contributed by atoms with Crippen LogP contribution in [0.2, 0.25) is 0 Å². The van der Waals surface area contributed by atoms with E-state index in [2.05, 4.69) is 21.0 Å². The van der Waals surface area contributed by atoms with Crippen LogP contribution in [0.4, 0.5) is 24.5 Å². The number of rotatable bonds is 6. The fourth-order valence-electron chi connectivity index (χ4n) is 2.87. The first kappa shape index (κ1) is 21.3. The van der Waals surface area contributed by atoms with E-state index in [1.54, 1.807) is 4.90 Å². The number of carbonyl (C=O) groups excluding carboxylic acids is 3. The zero-order valence-corrected chi connectivity index (χ0v) is 15.7. The van der Waals surface area contributed by atoms with E-state index in [1.807, 2.05) is 0 Å². The number of anilines is 2. The van der Waals surface area contributed by atoms with Gasteiger partial charge in [-0.15, -0.1) is 0 Å². The molecule has 0 radical (unpaired) electrons. The lowest BCUT2D eigenvalue weighted by atomic mass is 10.2. The van der Waals surface area contributed by atoms with E-state index in [0.717, 1.165) is 12.1 Å². The summed E-state index contributed by atoms with van der Waals surface area (Å²) in [5.41, 5.74) is -0.495. The molecule has 1 aliphatic rings. The Morgan fingerprint density at radius 2 is 1.87 bits per heavy atom. The predicted molar refractivity (Wildman–Crippen MR) is 100 cm³/mol. The molecule has 0 bridgehead atoms. The van der Waals surface area contributed by atoms with E-state index < -0.39 is 17.6 Å². The Labute approximate surface area is 169 Å². The molecule has 1 fully saturated rings.